The summed E-state index contributed by atoms with van der Waals surface area (Å²) in [5.41, 5.74) is 1.92. The van der Waals surface area contributed by atoms with Crippen LogP contribution in [0.25, 0.3) is 6.08 Å². The number of hydrogen-bond donors (Lipinski definition) is 1. The number of sulfonamides is 1. The number of nitrogens with zero attached hydrogens (tertiary/aromatic N) is 1. The third kappa shape index (κ3) is 7.37. The van der Waals surface area contributed by atoms with Crippen LogP contribution in [0.1, 0.15) is 24.5 Å². The molecule has 27 heavy (non-hydrogen) atoms. The van der Waals surface area contributed by atoms with Gasteiger partial charge in [-0.3, -0.25) is 4.79 Å². The summed E-state index contributed by atoms with van der Waals surface area (Å²) in [4.78, 5) is 12.2. The van der Waals surface area contributed by atoms with Crippen molar-refractivity contribution in [3.63, 3.8) is 0 Å². The Morgan fingerprint density at radius 2 is 1.67 bits per heavy atom. The number of hydrogen-bond acceptors (Lipinski definition) is 3. The number of nitrogens with one attached hydrogen (secondary N) is 1. The van der Waals surface area contributed by atoms with E-state index in [1.54, 1.807) is 6.08 Å². The third-order valence-electron chi connectivity index (χ3n) is 3.96. The Bertz CT molecular complexity index is 834. The third-order valence-corrected chi connectivity index (χ3v) is 5.48. The van der Waals surface area contributed by atoms with E-state index in [4.69, 9.17) is 0 Å². The predicted molar refractivity (Wildman–Crippen MR) is 109 cm³/mol. The van der Waals surface area contributed by atoms with E-state index in [-0.39, 0.29) is 12.5 Å². The minimum atomic E-state index is -3.66. The molecule has 0 spiro atoms. The standard InChI is InChI=1S/C21H26N2O3S/c1-2-16-23(27(25,26)17-14-20-11-7-4-8-12-20)18-21(24)22-15-13-19-9-5-3-6-10-19/h3-12,14,17H,2,13,15-16,18H2,1H3,(H,22,24)/b17-14+. The summed E-state index contributed by atoms with van der Waals surface area (Å²) < 4.78 is 26.4. The molecule has 2 aromatic carbocycles. The maximum atomic E-state index is 12.6. The second-order valence-electron chi connectivity index (χ2n) is 6.18. The van der Waals surface area contributed by atoms with E-state index in [0.717, 1.165) is 16.5 Å². The van der Waals surface area contributed by atoms with Gasteiger partial charge in [-0.2, -0.15) is 4.31 Å². The van der Waals surface area contributed by atoms with Gasteiger partial charge in [-0.25, -0.2) is 8.42 Å². The summed E-state index contributed by atoms with van der Waals surface area (Å²) in [6.07, 6.45) is 2.89. The van der Waals surface area contributed by atoms with Gasteiger partial charge in [0.15, 0.2) is 0 Å². The smallest absolute Gasteiger partial charge is 0.236 e. The van der Waals surface area contributed by atoms with Crippen LogP contribution in [0, 0.1) is 0 Å². The summed E-state index contributed by atoms with van der Waals surface area (Å²) >= 11 is 0. The fourth-order valence-electron chi connectivity index (χ4n) is 2.57. The second-order valence-corrected chi connectivity index (χ2v) is 8.00. The zero-order chi connectivity index (χ0) is 19.5. The summed E-state index contributed by atoms with van der Waals surface area (Å²) in [5, 5.41) is 3.96. The van der Waals surface area contributed by atoms with Gasteiger partial charge in [0, 0.05) is 18.5 Å². The molecule has 0 heterocycles. The van der Waals surface area contributed by atoms with Crippen molar-refractivity contribution >= 4 is 22.0 Å². The van der Waals surface area contributed by atoms with Crippen LogP contribution < -0.4 is 5.32 Å². The lowest BCUT2D eigenvalue weighted by Crippen LogP contribution is -2.40. The van der Waals surface area contributed by atoms with Crippen LogP contribution in [0.3, 0.4) is 0 Å². The Hall–Kier alpha value is -2.44. The van der Waals surface area contributed by atoms with Crippen molar-refractivity contribution in [2.75, 3.05) is 19.6 Å². The highest BCUT2D eigenvalue weighted by Gasteiger charge is 2.21. The van der Waals surface area contributed by atoms with Crippen LogP contribution in [-0.2, 0) is 21.2 Å². The molecule has 0 radical (unpaired) electrons. The van der Waals surface area contributed by atoms with Crippen LogP contribution in [0.2, 0.25) is 0 Å². The molecule has 6 heteroatoms. The molecule has 2 rings (SSSR count). The molecule has 1 N–H and O–H groups in total. The largest absolute Gasteiger partial charge is 0.355 e. The molecule has 0 saturated carbocycles. The Kier molecular flexibility index (Phi) is 8.23. The molecule has 0 aliphatic rings. The number of amides is 1. The molecule has 2 aromatic rings. The first-order valence-electron chi connectivity index (χ1n) is 9.05. The van der Waals surface area contributed by atoms with Crippen LogP contribution in [0.4, 0.5) is 0 Å². The second kappa shape index (κ2) is 10.6. The van der Waals surface area contributed by atoms with E-state index in [9.17, 15) is 13.2 Å². The van der Waals surface area contributed by atoms with Crippen molar-refractivity contribution in [1.29, 1.82) is 0 Å². The Morgan fingerprint density at radius 1 is 1.04 bits per heavy atom. The molecular weight excluding hydrogens is 360 g/mol. The fraction of sp³-hybridized carbons (Fsp3) is 0.286. The van der Waals surface area contributed by atoms with E-state index in [1.807, 2.05) is 67.6 Å². The molecule has 0 fully saturated rings. The number of benzene rings is 2. The van der Waals surface area contributed by atoms with Crippen LogP contribution in [0.5, 0.6) is 0 Å². The average Bonchev–Trinajstić information content (AvgIpc) is 2.68. The Labute approximate surface area is 161 Å². The number of carbonyl (C=O) groups excluding carboxylic acids is 1. The first kappa shape index (κ1) is 20.9. The molecule has 0 unspecified atom stereocenters. The van der Waals surface area contributed by atoms with Gasteiger partial charge in [0.1, 0.15) is 0 Å². The van der Waals surface area contributed by atoms with Gasteiger partial charge in [0.05, 0.1) is 6.54 Å². The summed E-state index contributed by atoms with van der Waals surface area (Å²) in [7, 11) is -3.66. The first-order chi connectivity index (χ1) is 13.0. The van der Waals surface area contributed by atoms with Crippen molar-refractivity contribution in [3.8, 4) is 0 Å². The summed E-state index contributed by atoms with van der Waals surface area (Å²) in [5.74, 6) is -0.295. The quantitative estimate of drug-likeness (QED) is 0.682. The van der Waals surface area contributed by atoms with Crippen LogP contribution >= 0.6 is 0 Å². The first-order valence-corrected chi connectivity index (χ1v) is 10.6. The molecular formula is C21H26N2O3S. The minimum Gasteiger partial charge on any atom is -0.355 e. The lowest BCUT2D eigenvalue weighted by molar-refractivity contribution is -0.121. The summed E-state index contributed by atoms with van der Waals surface area (Å²) in [6.45, 7) is 2.48. The van der Waals surface area contributed by atoms with Crippen LogP contribution in [0.15, 0.2) is 66.1 Å². The van der Waals surface area contributed by atoms with Crippen molar-refractivity contribution in [1.82, 2.24) is 9.62 Å². The molecule has 0 aliphatic carbocycles. The SMILES string of the molecule is CCCN(CC(=O)NCCc1ccccc1)S(=O)(=O)/C=C/c1ccccc1. The van der Waals surface area contributed by atoms with E-state index in [0.29, 0.717) is 25.9 Å². The van der Waals surface area contributed by atoms with Crippen LogP contribution in [-0.4, -0.2) is 38.3 Å². The highest BCUT2D eigenvalue weighted by Crippen LogP contribution is 2.09. The zero-order valence-electron chi connectivity index (χ0n) is 15.5. The lowest BCUT2D eigenvalue weighted by atomic mass is 10.1. The number of carbonyl (C=O) groups is 1. The van der Waals surface area contributed by atoms with E-state index < -0.39 is 10.0 Å². The highest BCUT2D eigenvalue weighted by molar-refractivity contribution is 7.92. The van der Waals surface area contributed by atoms with Gasteiger partial charge in [0.25, 0.3) is 0 Å². The van der Waals surface area contributed by atoms with Crippen molar-refractivity contribution < 1.29 is 13.2 Å². The fourth-order valence-corrected chi connectivity index (χ4v) is 3.80. The average molecular weight is 387 g/mol. The highest BCUT2D eigenvalue weighted by atomic mass is 32.2. The van der Waals surface area contributed by atoms with E-state index in [2.05, 4.69) is 5.32 Å². The lowest BCUT2D eigenvalue weighted by Gasteiger charge is -2.19. The maximum Gasteiger partial charge on any atom is 0.236 e. The monoisotopic (exact) mass is 386 g/mol. The molecule has 0 aromatic heterocycles. The Morgan fingerprint density at radius 3 is 2.30 bits per heavy atom. The Balaban J connectivity index is 1.92. The maximum absolute atomic E-state index is 12.6. The van der Waals surface area contributed by atoms with Gasteiger partial charge < -0.3 is 5.32 Å². The van der Waals surface area contributed by atoms with Gasteiger partial charge in [0.2, 0.25) is 15.9 Å². The van der Waals surface area contributed by atoms with Crippen molar-refractivity contribution in [2.45, 2.75) is 19.8 Å². The molecule has 1 amide bonds. The molecule has 0 aliphatic heterocycles. The van der Waals surface area contributed by atoms with Crippen molar-refractivity contribution in [3.05, 3.63) is 77.2 Å². The van der Waals surface area contributed by atoms with Gasteiger partial charge in [-0.1, -0.05) is 67.6 Å². The molecule has 5 nitrogen and oxygen atoms in total. The van der Waals surface area contributed by atoms with Gasteiger partial charge in [-0.05, 0) is 30.0 Å². The number of rotatable bonds is 10. The predicted octanol–water partition coefficient (Wildman–Crippen LogP) is 3.06. The minimum absolute atomic E-state index is 0.176. The van der Waals surface area contributed by atoms with Gasteiger partial charge >= 0.3 is 0 Å². The molecule has 144 valence electrons. The molecule has 0 saturated heterocycles. The van der Waals surface area contributed by atoms with Gasteiger partial charge in [-0.15, -0.1) is 0 Å². The molecule has 0 atom stereocenters. The normalized spacial score (nSPS) is 11.8. The molecule has 0 bridgehead atoms. The zero-order valence-corrected chi connectivity index (χ0v) is 16.4. The van der Waals surface area contributed by atoms with E-state index >= 15 is 0 Å². The van der Waals surface area contributed by atoms with E-state index in [1.165, 1.54) is 4.31 Å². The summed E-state index contributed by atoms with van der Waals surface area (Å²) in [6, 6.07) is 19.0. The topological polar surface area (TPSA) is 66.5 Å². The van der Waals surface area contributed by atoms with Crippen molar-refractivity contribution in [2.24, 2.45) is 0 Å².